The Balaban J connectivity index is 1.93. The van der Waals surface area contributed by atoms with E-state index in [1.807, 2.05) is 24.3 Å². The molecular formula is C15H20N2O3. The van der Waals surface area contributed by atoms with E-state index in [1.165, 1.54) is 4.90 Å². The number of hydrogen-bond donors (Lipinski definition) is 1. The Kier molecular flexibility index (Phi) is 4.74. The number of nitrogens with zero attached hydrogens (tertiary/aromatic N) is 1. The molecule has 5 heteroatoms. The summed E-state index contributed by atoms with van der Waals surface area (Å²) < 4.78 is 5.25. The van der Waals surface area contributed by atoms with Crippen molar-refractivity contribution in [3.63, 3.8) is 0 Å². The van der Waals surface area contributed by atoms with Crippen molar-refractivity contribution >= 4 is 11.8 Å². The summed E-state index contributed by atoms with van der Waals surface area (Å²) >= 11 is 0. The Morgan fingerprint density at radius 2 is 2.20 bits per heavy atom. The second-order valence-electron chi connectivity index (χ2n) is 5.00. The normalized spacial score (nSPS) is 19.0. The van der Waals surface area contributed by atoms with Gasteiger partial charge in [0.2, 0.25) is 11.8 Å². The Bertz CT molecular complexity index is 502. The molecule has 2 rings (SSSR count). The van der Waals surface area contributed by atoms with Crippen LogP contribution in [0.2, 0.25) is 0 Å². The summed E-state index contributed by atoms with van der Waals surface area (Å²) in [6.45, 7) is 0.435. The minimum Gasteiger partial charge on any atom is -0.496 e. The van der Waals surface area contributed by atoms with E-state index >= 15 is 0 Å². The monoisotopic (exact) mass is 276 g/mol. The highest BCUT2D eigenvalue weighted by molar-refractivity contribution is 5.96. The smallest absolute Gasteiger partial charge is 0.230 e. The standard InChI is InChI=1S/C15H20N2O3/c1-20-13-5-3-2-4-11(13)6-7-14(18)17-9-8-12(16)10-15(17)19/h2-5,12H,6-10,16H2,1H3. The van der Waals surface area contributed by atoms with E-state index in [2.05, 4.69) is 0 Å². The van der Waals surface area contributed by atoms with Crippen LogP contribution in [0.25, 0.3) is 0 Å². The number of carbonyl (C=O) groups is 2. The van der Waals surface area contributed by atoms with Crippen LogP contribution in [-0.4, -0.2) is 36.4 Å². The first-order valence-corrected chi connectivity index (χ1v) is 6.82. The van der Waals surface area contributed by atoms with Crippen molar-refractivity contribution in [3.8, 4) is 5.75 Å². The maximum atomic E-state index is 12.1. The van der Waals surface area contributed by atoms with Crippen molar-refractivity contribution < 1.29 is 14.3 Å². The molecule has 0 aliphatic carbocycles. The second kappa shape index (κ2) is 6.52. The molecule has 0 bridgehead atoms. The first-order chi connectivity index (χ1) is 9.61. The number of benzene rings is 1. The van der Waals surface area contributed by atoms with Crippen molar-refractivity contribution in [2.75, 3.05) is 13.7 Å². The number of aryl methyl sites for hydroxylation is 1. The average Bonchev–Trinajstić information content (AvgIpc) is 2.45. The van der Waals surface area contributed by atoms with Crippen LogP contribution in [0.1, 0.15) is 24.8 Å². The minimum atomic E-state index is -0.159. The highest BCUT2D eigenvalue weighted by Gasteiger charge is 2.27. The Morgan fingerprint density at radius 1 is 1.45 bits per heavy atom. The number of amides is 2. The predicted molar refractivity (Wildman–Crippen MR) is 75.2 cm³/mol. The topological polar surface area (TPSA) is 72.6 Å². The largest absolute Gasteiger partial charge is 0.496 e. The number of imide groups is 1. The third-order valence-corrected chi connectivity index (χ3v) is 3.56. The van der Waals surface area contributed by atoms with Gasteiger partial charge in [-0.3, -0.25) is 14.5 Å². The van der Waals surface area contributed by atoms with Gasteiger partial charge in [0.25, 0.3) is 0 Å². The number of rotatable bonds is 4. The zero-order valence-corrected chi connectivity index (χ0v) is 11.7. The van der Waals surface area contributed by atoms with Gasteiger partial charge in [0, 0.05) is 25.4 Å². The second-order valence-corrected chi connectivity index (χ2v) is 5.00. The van der Waals surface area contributed by atoms with Crippen molar-refractivity contribution in [2.24, 2.45) is 5.73 Å². The van der Waals surface area contributed by atoms with E-state index in [0.717, 1.165) is 11.3 Å². The van der Waals surface area contributed by atoms with Gasteiger partial charge in [-0.15, -0.1) is 0 Å². The summed E-state index contributed by atoms with van der Waals surface area (Å²) in [5.74, 6) is 0.480. The number of hydrogen-bond acceptors (Lipinski definition) is 4. The van der Waals surface area contributed by atoms with E-state index in [0.29, 0.717) is 25.8 Å². The van der Waals surface area contributed by atoms with Gasteiger partial charge in [0.05, 0.1) is 7.11 Å². The summed E-state index contributed by atoms with van der Waals surface area (Å²) in [5.41, 5.74) is 6.69. The number of likely N-dealkylation sites (tertiary alicyclic amines) is 1. The van der Waals surface area contributed by atoms with Crippen LogP contribution < -0.4 is 10.5 Å². The van der Waals surface area contributed by atoms with E-state index < -0.39 is 0 Å². The van der Waals surface area contributed by atoms with Crippen molar-refractivity contribution in [3.05, 3.63) is 29.8 Å². The molecule has 1 saturated heterocycles. The van der Waals surface area contributed by atoms with Crippen molar-refractivity contribution in [2.45, 2.75) is 31.7 Å². The van der Waals surface area contributed by atoms with Crippen LogP contribution >= 0.6 is 0 Å². The van der Waals surface area contributed by atoms with Crippen LogP contribution in [0.4, 0.5) is 0 Å². The van der Waals surface area contributed by atoms with E-state index in [-0.39, 0.29) is 24.3 Å². The van der Waals surface area contributed by atoms with Crippen LogP contribution in [0, 0.1) is 0 Å². The molecule has 0 radical (unpaired) electrons. The molecule has 108 valence electrons. The quantitative estimate of drug-likeness (QED) is 0.894. The molecule has 1 aliphatic heterocycles. The van der Waals surface area contributed by atoms with E-state index in [4.69, 9.17) is 10.5 Å². The maximum absolute atomic E-state index is 12.1. The van der Waals surface area contributed by atoms with E-state index in [1.54, 1.807) is 7.11 Å². The average molecular weight is 276 g/mol. The lowest BCUT2D eigenvalue weighted by Crippen LogP contribution is -2.46. The SMILES string of the molecule is COc1ccccc1CCC(=O)N1CCC(N)CC1=O. The molecule has 1 aliphatic rings. The number of carbonyl (C=O) groups excluding carboxylic acids is 2. The molecule has 1 fully saturated rings. The Labute approximate surface area is 118 Å². The molecule has 1 heterocycles. The maximum Gasteiger partial charge on any atom is 0.230 e. The first-order valence-electron chi connectivity index (χ1n) is 6.82. The lowest BCUT2D eigenvalue weighted by molar-refractivity contribution is -0.146. The molecule has 0 spiro atoms. The number of para-hydroxylation sites is 1. The zero-order valence-electron chi connectivity index (χ0n) is 11.7. The van der Waals surface area contributed by atoms with Crippen LogP contribution in [0.15, 0.2) is 24.3 Å². The molecule has 1 atom stereocenters. The molecule has 2 amide bonds. The third-order valence-electron chi connectivity index (χ3n) is 3.56. The Hall–Kier alpha value is -1.88. The summed E-state index contributed by atoms with van der Waals surface area (Å²) in [4.78, 5) is 25.2. The van der Waals surface area contributed by atoms with E-state index in [9.17, 15) is 9.59 Å². The van der Waals surface area contributed by atoms with Gasteiger partial charge in [0.15, 0.2) is 0 Å². The zero-order chi connectivity index (χ0) is 14.5. The van der Waals surface area contributed by atoms with Crippen LogP contribution in [0.5, 0.6) is 5.75 Å². The number of nitrogens with two attached hydrogens (primary N) is 1. The first kappa shape index (κ1) is 14.5. The number of piperidine rings is 1. The summed E-state index contributed by atoms with van der Waals surface area (Å²) in [6, 6.07) is 7.48. The van der Waals surface area contributed by atoms with Crippen molar-refractivity contribution in [1.82, 2.24) is 4.90 Å². The summed E-state index contributed by atoms with van der Waals surface area (Å²) in [5, 5.41) is 0. The Morgan fingerprint density at radius 3 is 2.90 bits per heavy atom. The minimum absolute atomic E-state index is 0.110. The fraction of sp³-hybridized carbons (Fsp3) is 0.467. The highest BCUT2D eigenvalue weighted by atomic mass is 16.5. The lowest BCUT2D eigenvalue weighted by atomic mass is 10.0. The molecule has 5 nitrogen and oxygen atoms in total. The predicted octanol–water partition coefficient (Wildman–Crippen LogP) is 1.10. The van der Waals surface area contributed by atoms with Gasteiger partial charge in [-0.1, -0.05) is 18.2 Å². The molecule has 0 saturated carbocycles. The van der Waals surface area contributed by atoms with Crippen LogP contribution in [-0.2, 0) is 16.0 Å². The molecule has 1 aromatic rings. The third kappa shape index (κ3) is 3.36. The number of ether oxygens (including phenoxy) is 1. The summed E-state index contributed by atoms with van der Waals surface area (Å²) in [7, 11) is 1.61. The van der Waals surface area contributed by atoms with Gasteiger partial charge < -0.3 is 10.5 Å². The fourth-order valence-electron chi connectivity index (χ4n) is 2.41. The van der Waals surface area contributed by atoms with Crippen molar-refractivity contribution in [1.29, 1.82) is 0 Å². The fourth-order valence-corrected chi connectivity index (χ4v) is 2.41. The molecule has 0 aromatic heterocycles. The number of methoxy groups -OCH3 is 1. The molecule has 1 aromatic carbocycles. The lowest BCUT2D eigenvalue weighted by Gasteiger charge is -2.28. The van der Waals surface area contributed by atoms with Gasteiger partial charge in [-0.05, 0) is 24.5 Å². The van der Waals surface area contributed by atoms with Gasteiger partial charge in [-0.25, -0.2) is 0 Å². The van der Waals surface area contributed by atoms with Gasteiger partial charge in [0.1, 0.15) is 5.75 Å². The van der Waals surface area contributed by atoms with Crippen LogP contribution in [0.3, 0.4) is 0 Å². The molecule has 1 unspecified atom stereocenters. The highest BCUT2D eigenvalue weighted by Crippen LogP contribution is 2.20. The van der Waals surface area contributed by atoms with Gasteiger partial charge >= 0.3 is 0 Å². The van der Waals surface area contributed by atoms with Gasteiger partial charge in [-0.2, -0.15) is 0 Å². The summed E-state index contributed by atoms with van der Waals surface area (Å²) in [6.07, 6.45) is 1.83. The molecule has 20 heavy (non-hydrogen) atoms. The molecular weight excluding hydrogens is 256 g/mol. The molecule has 2 N–H and O–H groups in total.